The molecule has 36 heavy (non-hydrogen) atoms. The highest BCUT2D eigenvalue weighted by Gasteiger charge is 2.27. The summed E-state index contributed by atoms with van der Waals surface area (Å²) in [5.74, 6) is 5.64. The molecule has 0 atom stereocenters. The lowest BCUT2D eigenvalue weighted by Crippen LogP contribution is -2.41. The second-order valence-electron chi connectivity index (χ2n) is 9.72. The second-order valence-corrected chi connectivity index (χ2v) is 9.72. The van der Waals surface area contributed by atoms with Gasteiger partial charge in [-0.3, -0.25) is 10.2 Å². The maximum atomic E-state index is 13.9. The number of aryl methyl sites for hydroxylation is 1. The number of fused-ring (bicyclic) bond motifs is 2. The minimum absolute atomic E-state index is 0.0441. The van der Waals surface area contributed by atoms with Crippen LogP contribution in [0.1, 0.15) is 59.8 Å². The molecule has 1 saturated carbocycles. The molecule has 0 radical (unpaired) electrons. The van der Waals surface area contributed by atoms with Gasteiger partial charge in [0.25, 0.3) is 5.91 Å². The van der Waals surface area contributed by atoms with E-state index in [9.17, 15) is 4.79 Å². The second kappa shape index (κ2) is 10.1. The standard InChI is InChI=1S/C29H34N6O/c1-2-35-26-15-10-20(28(31)34-32)17-24(26)25(16-19-8-5-7-18-6-3-4-9-23(18)19)27(35)29(36)33-22-13-11-21(30)12-14-22/h3-10,15,17,21-22H,2,11-14,16,30,32H2,1H3,(H2,31,34)(H,33,36)/t21-,22-. The molecular formula is C29H34N6O. The molecule has 1 aliphatic carbocycles. The van der Waals surface area contributed by atoms with Crippen LogP contribution in [0.15, 0.2) is 60.7 Å². The van der Waals surface area contributed by atoms with Gasteiger partial charge in [0.15, 0.2) is 0 Å². The number of nitrogens with one attached hydrogen (secondary N) is 3. The summed E-state index contributed by atoms with van der Waals surface area (Å²) in [6, 6.07) is 20.9. The highest BCUT2D eigenvalue weighted by Crippen LogP contribution is 2.32. The third-order valence-corrected chi connectivity index (χ3v) is 7.49. The van der Waals surface area contributed by atoms with Gasteiger partial charge in [-0.2, -0.15) is 0 Å². The van der Waals surface area contributed by atoms with E-state index in [1.807, 2.05) is 24.3 Å². The monoisotopic (exact) mass is 482 g/mol. The van der Waals surface area contributed by atoms with E-state index in [0.717, 1.165) is 42.1 Å². The Labute approximate surface area is 211 Å². The zero-order chi connectivity index (χ0) is 25.2. The van der Waals surface area contributed by atoms with Gasteiger partial charge in [-0.25, -0.2) is 5.84 Å². The predicted molar refractivity (Wildman–Crippen MR) is 146 cm³/mol. The summed E-state index contributed by atoms with van der Waals surface area (Å²) < 4.78 is 2.10. The van der Waals surface area contributed by atoms with Crippen molar-refractivity contribution in [1.29, 1.82) is 5.41 Å². The van der Waals surface area contributed by atoms with E-state index in [4.69, 9.17) is 17.0 Å². The average molecular weight is 483 g/mol. The molecule has 7 nitrogen and oxygen atoms in total. The van der Waals surface area contributed by atoms with Crippen LogP contribution < -0.4 is 22.3 Å². The molecule has 0 bridgehead atoms. The van der Waals surface area contributed by atoms with Gasteiger partial charge in [0.2, 0.25) is 0 Å². The van der Waals surface area contributed by atoms with Crippen molar-refractivity contribution in [2.45, 2.75) is 57.7 Å². The van der Waals surface area contributed by atoms with Crippen LogP contribution in [0.3, 0.4) is 0 Å². The average Bonchev–Trinajstić information content (AvgIpc) is 3.22. The number of hydrogen-bond donors (Lipinski definition) is 5. The Hall–Kier alpha value is -3.68. The number of carbonyl (C=O) groups excluding carboxylic acids is 1. The summed E-state index contributed by atoms with van der Waals surface area (Å²) in [4.78, 5) is 13.9. The zero-order valence-electron chi connectivity index (χ0n) is 20.7. The number of amidine groups is 1. The fourth-order valence-electron chi connectivity index (χ4n) is 5.58. The summed E-state index contributed by atoms with van der Waals surface area (Å²) in [7, 11) is 0. The summed E-state index contributed by atoms with van der Waals surface area (Å²) in [5, 5.41) is 14.8. The van der Waals surface area contributed by atoms with Crippen molar-refractivity contribution in [3.05, 3.63) is 83.0 Å². The minimum Gasteiger partial charge on any atom is -0.348 e. The van der Waals surface area contributed by atoms with Crippen molar-refractivity contribution < 1.29 is 4.79 Å². The van der Waals surface area contributed by atoms with Crippen LogP contribution in [0.5, 0.6) is 0 Å². The third kappa shape index (κ3) is 4.47. The molecule has 1 aromatic heterocycles. The number of hydrazine groups is 1. The molecule has 1 fully saturated rings. The van der Waals surface area contributed by atoms with Gasteiger partial charge in [0, 0.05) is 41.5 Å². The highest BCUT2D eigenvalue weighted by atomic mass is 16.2. The van der Waals surface area contributed by atoms with Gasteiger partial charge in [-0.05, 0) is 72.7 Å². The van der Waals surface area contributed by atoms with E-state index in [1.165, 1.54) is 16.3 Å². The van der Waals surface area contributed by atoms with E-state index >= 15 is 0 Å². The number of nitrogens with zero attached hydrogens (tertiary/aromatic N) is 1. The molecule has 0 aliphatic heterocycles. The largest absolute Gasteiger partial charge is 0.348 e. The Bertz CT molecular complexity index is 1430. The molecule has 186 valence electrons. The Morgan fingerprint density at radius 3 is 2.53 bits per heavy atom. The Balaban J connectivity index is 1.65. The molecule has 1 aliphatic rings. The SMILES string of the molecule is CCn1c(C(=O)N[C@H]2CC[C@H](N)CC2)c(Cc2cccc3ccccc23)c2cc(C(=N)NN)ccc21. The minimum atomic E-state index is -0.0441. The summed E-state index contributed by atoms with van der Waals surface area (Å²) >= 11 is 0. The first kappa shape index (κ1) is 24.0. The molecule has 1 amide bonds. The van der Waals surface area contributed by atoms with Crippen LogP contribution in [-0.2, 0) is 13.0 Å². The van der Waals surface area contributed by atoms with Crippen LogP contribution in [0.4, 0.5) is 0 Å². The van der Waals surface area contributed by atoms with Crippen molar-refractivity contribution in [1.82, 2.24) is 15.3 Å². The van der Waals surface area contributed by atoms with Crippen LogP contribution >= 0.6 is 0 Å². The molecule has 4 aromatic rings. The third-order valence-electron chi connectivity index (χ3n) is 7.49. The molecule has 0 unspecified atom stereocenters. The topological polar surface area (TPSA) is 122 Å². The number of nitrogens with two attached hydrogens (primary N) is 2. The first-order valence-corrected chi connectivity index (χ1v) is 12.7. The van der Waals surface area contributed by atoms with E-state index in [2.05, 4.69) is 58.6 Å². The molecule has 1 heterocycles. The molecule has 0 saturated heterocycles. The lowest BCUT2D eigenvalue weighted by Gasteiger charge is -2.27. The van der Waals surface area contributed by atoms with Crippen LogP contribution in [-0.4, -0.2) is 28.4 Å². The Morgan fingerprint density at radius 2 is 1.78 bits per heavy atom. The normalized spacial score (nSPS) is 17.9. The molecule has 5 rings (SSSR count). The molecule has 7 heteroatoms. The summed E-state index contributed by atoms with van der Waals surface area (Å²) in [6.07, 6.45) is 4.28. The van der Waals surface area contributed by atoms with E-state index in [0.29, 0.717) is 24.2 Å². The lowest BCUT2D eigenvalue weighted by molar-refractivity contribution is 0.0916. The first-order valence-electron chi connectivity index (χ1n) is 12.7. The zero-order valence-corrected chi connectivity index (χ0v) is 20.7. The van der Waals surface area contributed by atoms with Gasteiger partial charge >= 0.3 is 0 Å². The summed E-state index contributed by atoms with van der Waals surface area (Å²) in [6.45, 7) is 2.73. The number of hydrogen-bond acceptors (Lipinski definition) is 4. The summed E-state index contributed by atoms with van der Waals surface area (Å²) in [5.41, 5.74) is 13.0. The highest BCUT2D eigenvalue weighted by molar-refractivity contribution is 6.05. The van der Waals surface area contributed by atoms with Crippen LogP contribution in [0, 0.1) is 5.41 Å². The van der Waals surface area contributed by atoms with E-state index < -0.39 is 0 Å². The van der Waals surface area contributed by atoms with Crippen LogP contribution in [0.2, 0.25) is 0 Å². The Kier molecular flexibility index (Phi) is 6.76. The lowest BCUT2D eigenvalue weighted by atomic mass is 9.91. The quantitative estimate of drug-likeness (QED) is 0.122. The first-order chi connectivity index (χ1) is 17.5. The van der Waals surface area contributed by atoms with Crippen molar-refractivity contribution in [3.63, 3.8) is 0 Å². The van der Waals surface area contributed by atoms with E-state index in [1.54, 1.807) is 0 Å². The Morgan fingerprint density at radius 1 is 1.03 bits per heavy atom. The van der Waals surface area contributed by atoms with Gasteiger partial charge in [0.05, 0.1) is 0 Å². The van der Waals surface area contributed by atoms with Gasteiger partial charge in [-0.15, -0.1) is 0 Å². The molecular weight excluding hydrogens is 448 g/mol. The van der Waals surface area contributed by atoms with Crippen molar-refractivity contribution >= 4 is 33.4 Å². The van der Waals surface area contributed by atoms with Gasteiger partial charge in [0.1, 0.15) is 11.5 Å². The number of rotatable bonds is 6. The predicted octanol–water partition coefficient (Wildman–Crippen LogP) is 4.19. The van der Waals surface area contributed by atoms with Gasteiger partial charge in [-0.1, -0.05) is 42.5 Å². The number of carbonyl (C=O) groups is 1. The van der Waals surface area contributed by atoms with Crippen molar-refractivity contribution in [2.75, 3.05) is 0 Å². The molecule has 0 spiro atoms. The van der Waals surface area contributed by atoms with E-state index in [-0.39, 0.29) is 23.8 Å². The fourth-order valence-corrected chi connectivity index (χ4v) is 5.58. The maximum absolute atomic E-state index is 13.9. The number of aromatic nitrogens is 1. The smallest absolute Gasteiger partial charge is 0.268 e. The van der Waals surface area contributed by atoms with Crippen LogP contribution in [0.25, 0.3) is 21.7 Å². The van der Waals surface area contributed by atoms with Crippen molar-refractivity contribution in [3.8, 4) is 0 Å². The van der Waals surface area contributed by atoms with Crippen molar-refractivity contribution in [2.24, 2.45) is 11.6 Å². The number of amides is 1. The molecule has 7 N–H and O–H groups in total. The fraction of sp³-hybridized carbons (Fsp3) is 0.310. The maximum Gasteiger partial charge on any atom is 0.268 e. The number of benzene rings is 3. The molecule has 3 aromatic carbocycles. The van der Waals surface area contributed by atoms with Gasteiger partial charge < -0.3 is 21.0 Å².